The number of sulfonamides is 1. The van der Waals surface area contributed by atoms with Gasteiger partial charge in [-0.1, -0.05) is 0 Å². The van der Waals surface area contributed by atoms with Crippen LogP contribution in [-0.2, 0) is 24.6 Å². The summed E-state index contributed by atoms with van der Waals surface area (Å²) in [6.07, 6.45) is 0.334. The molecule has 9 heteroatoms. The third-order valence-corrected chi connectivity index (χ3v) is 6.54. The van der Waals surface area contributed by atoms with Gasteiger partial charge in [0, 0.05) is 12.4 Å². The molecule has 0 radical (unpaired) electrons. The zero-order valence-electron chi connectivity index (χ0n) is 9.97. The summed E-state index contributed by atoms with van der Waals surface area (Å²) in [7, 11) is -6.49. The molecule has 1 rings (SSSR count). The van der Waals surface area contributed by atoms with Crippen molar-refractivity contribution in [2.75, 3.05) is 37.1 Å². The fraction of sp³-hybridized carbons (Fsp3) is 1.00. The van der Waals surface area contributed by atoms with E-state index in [4.69, 9.17) is 16.3 Å². The monoisotopic (exact) mass is 319 g/mol. The first-order valence-corrected chi connectivity index (χ1v) is 9.60. The molecule has 0 bridgehead atoms. The maximum atomic E-state index is 11.8. The standard InChI is InChI=1S/C9H18ClNO5S2/c10-3-5-16-6-4-11-18(14,15)9-1-7-17(12,13)8-2-9/h9,11H,1-8H2. The van der Waals surface area contributed by atoms with Gasteiger partial charge in [0.1, 0.15) is 9.84 Å². The second-order valence-electron chi connectivity index (χ2n) is 4.09. The fourth-order valence-electron chi connectivity index (χ4n) is 1.71. The molecule has 1 fully saturated rings. The van der Waals surface area contributed by atoms with Crippen LogP contribution >= 0.6 is 11.6 Å². The molecule has 1 N–H and O–H groups in total. The highest BCUT2D eigenvalue weighted by Gasteiger charge is 2.32. The molecule has 0 aliphatic carbocycles. The van der Waals surface area contributed by atoms with Gasteiger partial charge < -0.3 is 4.74 Å². The van der Waals surface area contributed by atoms with Gasteiger partial charge in [0.05, 0.1) is 30.0 Å². The lowest BCUT2D eigenvalue weighted by Gasteiger charge is -2.22. The molecule has 0 amide bonds. The second kappa shape index (κ2) is 7.04. The van der Waals surface area contributed by atoms with Crippen LogP contribution in [0.5, 0.6) is 0 Å². The minimum atomic E-state index is -3.45. The Balaban J connectivity index is 2.36. The van der Waals surface area contributed by atoms with Gasteiger partial charge in [-0.3, -0.25) is 0 Å². The lowest BCUT2D eigenvalue weighted by molar-refractivity contribution is 0.154. The normalized spacial score (nSPS) is 20.9. The second-order valence-corrected chi connectivity index (χ2v) is 8.82. The summed E-state index contributed by atoms with van der Waals surface area (Å²) < 4.78 is 53.6. The zero-order chi connectivity index (χ0) is 13.6. The molecule has 0 aromatic rings. The Morgan fingerprint density at radius 2 is 1.83 bits per heavy atom. The predicted octanol–water partition coefficient (Wildman–Crippen LogP) is -0.262. The van der Waals surface area contributed by atoms with Crippen molar-refractivity contribution in [3.05, 3.63) is 0 Å². The molecular weight excluding hydrogens is 302 g/mol. The van der Waals surface area contributed by atoms with Crippen LogP contribution in [0, 0.1) is 0 Å². The van der Waals surface area contributed by atoms with Gasteiger partial charge in [-0.25, -0.2) is 21.6 Å². The highest BCUT2D eigenvalue weighted by molar-refractivity contribution is 7.92. The molecule has 1 aliphatic heterocycles. The van der Waals surface area contributed by atoms with Crippen molar-refractivity contribution >= 4 is 31.5 Å². The molecule has 0 aromatic heterocycles. The molecule has 1 saturated heterocycles. The summed E-state index contributed by atoms with van der Waals surface area (Å²) in [6.45, 7) is 0.824. The quantitative estimate of drug-likeness (QED) is 0.516. The predicted molar refractivity (Wildman–Crippen MR) is 70.1 cm³/mol. The van der Waals surface area contributed by atoms with E-state index in [1.165, 1.54) is 0 Å². The molecule has 6 nitrogen and oxygen atoms in total. The van der Waals surface area contributed by atoms with Crippen LogP contribution in [0.2, 0.25) is 0 Å². The molecule has 0 atom stereocenters. The molecule has 0 aromatic carbocycles. The summed E-state index contributed by atoms with van der Waals surface area (Å²) in [5.41, 5.74) is 0. The van der Waals surface area contributed by atoms with Gasteiger partial charge in [-0.2, -0.15) is 0 Å². The van der Waals surface area contributed by atoms with Crippen LogP contribution in [0.15, 0.2) is 0 Å². The average Bonchev–Trinajstić information content (AvgIpc) is 2.28. The first-order valence-electron chi connectivity index (χ1n) is 5.70. The van der Waals surface area contributed by atoms with Gasteiger partial charge in [0.25, 0.3) is 0 Å². The number of ether oxygens (including phenoxy) is 1. The largest absolute Gasteiger partial charge is 0.379 e. The van der Waals surface area contributed by atoms with E-state index < -0.39 is 25.1 Å². The van der Waals surface area contributed by atoms with Crippen LogP contribution in [0.1, 0.15) is 12.8 Å². The van der Waals surface area contributed by atoms with Gasteiger partial charge in [0.15, 0.2) is 0 Å². The maximum Gasteiger partial charge on any atom is 0.214 e. The topological polar surface area (TPSA) is 89.5 Å². The minimum absolute atomic E-state index is 0.0542. The van der Waals surface area contributed by atoms with E-state index in [-0.39, 0.29) is 37.5 Å². The number of hydrogen-bond acceptors (Lipinski definition) is 5. The van der Waals surface area contributed by atoms with Crippen molar-refractivity contribution in [2.45, 2.75) is 18.1 Å². The van der Waals surface area contributed by atoms with Crippen molar-refractivity contribution in [1.82, 2.24) is 4.72 Å². The molecule has 1 heterocycles. The maximum absolute atomic E-state index is 11.8. The lowest BCUT2D eigenvalue weighted by Crippen LogP contribution is -2.40. The summed E-state index contributed by atoms with van der Waals surface area (Å²) in [5.74, 6) is 0.260. The van der Waals surface area contributed by atoms with Crippen molar-refractivity contribution in [1.29, 1.82) is 0 Å². The van der Waals surface area contributed by atoms with Crippen LogP contribution in [0.25, 0.3) is 0 Å². The van der Waals surface area contributed by atoms with Crippen LogP contribution in [-0.4, -0.2) is 59.2 Å². The molecule has 0 spiro atoms. The molecular formula is C9H18ClNO5S2. The van der Waals surface area contributed by atoms with Crippen molar-refractivity contribution < 1.29 is 21.6 Å². The van der Waals surface area contributed by atoms with E-state index >= 15 is 0 Å². The van der Waals surface area contributed by atoms with Gasteiger partial charge in [-0.05, 0) is 12.8 Å². The molecule has 108 valence electrons. The number of alkyl halides is 1. The first-order chi connectivity index (χ1) is 8.37. The number of halogens is 1. The zero-order valence-corrected chi connectivity index (χ0v) is 12.4. The van der Waals surface area contributed by atoms with Crippen molar-refractivity contribution in [3.63, 3.8) is 0 Å². The number of sulfone groups is 1. The molecule has 1 aliphatic rings. The number of nitrogens with one attached hydrogen (secondary N) is 1. The van der Waals surface area contributed by atoms with Crippen molar-refractivity contribution in [3.8, 4) is 0 Å². The number of hydrogen-bond donors (Lipinski definition) is 1. The Bertz CT molecular complexity index is 434. The summed E-state index contributed by atoms with van der Waals surface area (Å²) >= 11 is 5.40. The van der Waals surface area contributed by atoms with E-state index in [1.807, 2.05) is 0 Å². The van der Waals surface area contributed by atoms with Crippen LogP contribution in [0.4, 0.5) is 0 Å². The Hall–Kier alpha value is 0.110. The smallest absolute Gasteiger partial charge is 0.214 e. The summed E-state index contributed by atoms with van der Waals surface area (Å²) in [4.78, 5) is 0. The number of rotatable bonds is 7. The summed E-state index contributed by atoms with van der Waals surface area (Å²) in [6, 6.07) is 0. The Morgan fingerprint density at radius 1 is 1.22 bits per heavy atom. The van der Waals surface area contributed by atoms with Crippen LogP contribution < -0.4 is 4.72 Å². The first kappa shape index (κ1) is 16.2. The average molecular weight is 320 g/mol. The molecule has 0 unspecified atom stereocenters. The van der Waals surface area contributed by atoms with Gasteiger partial charge in [0.2, 0.25) is 10.0 Å². The van der Waals surface area contributed by atoms with E-state index in [0.29, 0.717) is 12.5 Å². The SMILES string of the molecule is O=S1(=O)CCC(S(=O)(=O)NCCOCCCl)CC1. The van der Waals surface area contributed by atoms with E-state index in [0.717, 1.165) is 0 Å². The Morgan fingerprint density at radius 3 is 2.39 bits per heavy atom. The molecule has 18 heavy (non-hydrogen) atoms. The third-order valence-electron chi connectivity index (χ3n) is 2.71. The van der Waals surface area contributed by atoms with E-state index in [2.05, 4.69) is 4.72 Å². The Labute approximate surface area is 113 Å². The van der Waals surface area contributed by atoms with Gasteiger partial charge in [-0.15, -0.1) is 11.6 Å². The third kappa shape index (κ3) is 5.40. The van der Waals surface area contributed by atoms with Gasteiger partial charge >= 0.3 is 0 Å². The lowest BCUT2D eigenvalue weighted by atomic mass is 10.2. The highest BCUT2D eigenvalue weighted by Crippen LogP contribution is 2.18. The minimum Gasteiger partial charge on any atom is -0.379 e. The summed E-state index contributed by atoms with van der Waals surface area (Å²) in [5, 5.41) is -0.617. The van der Waals surface area contributed by atoms with E-state index in [9.17, 15) is 16.8 Å². The van der Waals surface area contributed by atoms with Crippen LogP contribution in [0.3, 0.4) is 0 Å². The fourth-order valence-corrected chi connectivity index (χ4v) is 5.07. The van der Waals surface area contributed by atoms with E-state index in [1.54, 1.807) is 0 Å². The molecule has 0 saturated carbocycles. The van der Waals surface area contributed by atoms with Crippen molar-refractivity contribution in [2.24, 2.45) is 0 Å². The Kier molecular flexibility index (Phi) is 6.32. The highest BCUT2D eigenvalue weighted by atomic mass is 35.5.